The lowest BCUT2D eigenvalue weighted by molar-refractivity contribution is -0.186. The molecule has 2 aliphatic carbocycles. The van der Waals surface area contributed by atoms with Gasteiger partial charge in [-0.15, -0.1) is 6.58 Å². The van der Waals surface area contributed by atoms with Gasteiger partial charge < -0.3 is 14.9 Å². The summed E-state index contributed by atoms with van der Waals surface area (Å²) in [6, 6.07) is 3.24. The Morgan fingerprint density at radius 2 is 2.31 bits per heavy atom. The number of ether oxygens (including phenoxy) is 1. The number of hydrogen-bond acceptors (Lipinski definition) is 5. The quantitative estimate of drug-likeness (QED) is 0.377. The molecule has 5 atom stereocenters. The molecule has 26 heavy (non-hydrogen) atoms. The van der Waals surface area contributed by atoms with Crippen LogP contribution in [0.2, 0.25) is 0 Å². The Labute approximate surface area is 151 Å². The highest BCUT2D eigenvalue weighted by molar-refractivity contribution is 5.62. The number of benzene rings is 1. The molecule has 5 rings (SSSR count). The minimum Gasteiger partial charge on any atom is -0.504 e. The van der Waals surface area contributed by atoms with E-state index in [1.54, 1.807) is 6.07 Å². The summed E-state index contributed by atoms with van der Waals surface area (Å²) in [6.45, 7) is 5.41. The molecule has 0 aromatic heterocycles. The summed E-state index contributed by atoms with van der Waals surface area (Å²) in [4.78, 5) is 5.32. The van der Waals surface area contributed by atoms with Crippen molar-refractivity contribution in [1.82, 2.24) is 4.90 Å². The van der Waals surface area contributed by atoms with Gasteiger partial charge in [-0.25, -0.2) is 0 Å². The van der Waals surface area contributed by atoms with E-state index in [2.05, 4.69) is 21.5 Å². The summed E-state index contributed by atoms with van der Waals surface area (Å²) in [5.74, 6) is 0.572. The summed E-state index contributed by atoms with van der Waals surface area (Å²) in [7, 11) is 0. The zero-order chi connectivity index (χ0) is 18.1. The first-order valence-electron chi connectivity index (χ1n) is 9.20. The highest BCUT2D eigenvalue weighted by atomic mass is 16.5. The van der Waals surface area contributed by atoms with E-state index in [9.17, 15) is 10.2 Å². The van der Waals surface area contributed by atoms with Gasteiger partial charge in [-0.1, -0.05) is 17.3 Å². The molecule has 2 fully saturated rings. The van der Waals surface area contributed by atoms with E-state index in [-0.39, 0.29) is 17.8 Å². The maximum Gasteiger partial charge on any atom is 0.165 e. The predicted molar refractivity (Wildman–Crippen MR) is 95.2 cm³/mol. The number of phenols is 1. The van der Waals surface area contributed by atoms with Crippen LogP contribution in [0.5, 0.6) is 11.5 Å². The third-order valence-electron chi connectivity index (χ3n) is 7.11. The molecule has 1 saturated carbocycles. The van der Waals surface area contributed by atoms with E-state index in [0.29, 0.717) is 25.0 Å². The Kier molecular flexibility index (Phi) is 3.18. The first kappa shape index (κ1) is 16.0. The highest BCUT2D eigenvalue weighted by Gasteiger charge is 2.72. The normalized spacial score (nSPS) is 39.5. The van der Waals surface area contributed by atoms with Gasteiger partial charge in [0.15, 0.2) is 11.5 Å². The molecule has 1 aromatic carbocycles. The molecule has 1 saturated heterocycles. The number of nitrogens with zero attached hydrogens (tertiary/aromatic N) is 4. The average molecular weight is 354 g/mol. The smallest absolute Gasteiger partial charge is 0.165 e. The van der Waals surface area contributed by atoms with Crippen LogP contribution in [0.4, 0.5) is 0 Å². The number of rotatable bonds is 3. The van der Waals surface area contributed by atoms with Crippen molar-refractivity contribution in [1.29, 1.82) is 0 Å². The van der Waals surface area contributed by atoms with Crippen molar-refractivity contribution in [2.24, 2.45) is 5.11 Å². The van der Waals surface area contributed by atoms with Gasteiger partial charge in [-0.3, -0.25) is 4.90 Å². The third-order valence-corrected chi connectivity index (χ3v) is 7.11. The van der Waals surface area contributed by atoms with Crippen LogP contribution in [0.25, 0.3) is 10.4 Å². The van der Waals surface area contributed by atoms with Gasteiger partial charge in [0.05, 0.1) is 17.1 Å². The monoisotopic (exact) mass is 354 g/mol. The molecule has 0 unspecified atom stereocenters. The van der Waals surface area contributed by atoms with Crippen LogP contribution >= 0.6 is 0 Å². The number of hydrogen-bond donors (Lipinski definition) is 2. The molecule has 0 radical (unpaired) electrons. The Bertz CT molecular complexity index is 851. The second-order valence-corrected chi connectivity index (χ2v) is 7.95. The lowest BCUT2D eigenvalue weighted by Gasteiger charge is -2.63. The number of phenolic OH excluding ortho intramolecular Hbond substituents is 1. The minimum atomic E-state index is -0.966. The fourth-order valence-corrected chi connectivity index (χ4v) is 6.17. The zero-order valence-corrected chi connectivity index (χ0v) is 14.5. The van der Waals surface area contributed by atoms with E-state index in [4.69, 9.17) is 10.3 Å². The predicted octanol–water partition coefficient (Wildman–Crippen LogP) is 2.41. The molecular formula is C19H22N4O3. The van der Waals surface area contributed by atoms with Gasteiger partial charge in [0.25, 0.3) is 0 Å². The fourth-order valence-electron chi connectivity index (χ4n) is 6.17. The molecule has 2 aliphatic heterocycles. The van der Waals surface area contributed by atoms with Crippen LogP contribution in [-0.2, 0) is 11.8 Å². The number of azide groups is 1. The summed E-state index contributed by atoms with van der Waals surface area (Å²) >= 11 is 0. The third kappa shape index (κ3) is 1.64. The Hall–Kier alpha value is -2.21. The maximum absolute atomic E-state index is 12.0. The van der Waals surface area contributed by atoms with E-state index in [0.717, 1.165) is 30.6 Å². The summed E-state index contributed by atoms with van der Waals surface area (Å²) in [6.07, 6.45) is 4.01. The first-order chi connectivity index (χ1) is 12.6. The van der Waals surface area contributed by atoms with Gasteiger partial charge in [-0.2, -0.15) is 0 Å². The van der Waals surface area contributed by atoms with Crippen LogP contribution in [0, 0.1) is 0 Å². The average Bonchev–Trinajstić information content (AvgIpc) is 2.97. The second-order valence-electron chi connectivity index (χ2n) is 7.95. The lowest BCUT2D eigenvalue weighted by Crippen LogP contribution is -2.76. The number of aromatic hydroxyl groups is 1. The van der Waals surface area contributed by atoms with Crippen LogP contribution in [0.3, 0.4) is 0 Å². The van der Waals surface area contributed by atoms with Crippen molar-refractivity contribution in [3.63, 3.8) is 0 Å². The van der Waals surface area contributed by atoms with Crippen LogP contribution < -0.4 is 4.74 Å². The van der Waals surface area contributed by atoms with Gasteiger partial charge in [0, 0.05) is 23.1 Å². The lowest BCUT2D eigenvalue weighted by atomic mass is 9.48. The maximum atomic E-state index is 12.0. The Morgan fingerprint density at radius 1 is 1.46 bits per heavy atom. The highest BCUT2D eigenvalue weighted by Crippen LogP contribution is 2.65. The molecule has 1 aromatic rings. The number of piperidine rings is 1. The Balaban J connectivity index is 1.77. The van der Waals surface area contributed by atoms with Crippen molar-refractivity contribution < 1.29 is 14.9 Å². The number of likely N-dealkylation sites (tertiary alicyclic amines) is 1. The van der Waals surface area contributed by atoms with E-state index in [1.807, 2.05) is 12.1 Å². The largest absolute Gasteiger partial charge is 0.504 e. The molecule has 1 spiro atoms. The molecule has 0 amide bonds. The summed E-state index contributed by atoms with van der Waals surface area (Å²) < 4.78 is 6.22. The van der Waals surface area contributed by atoms with Gasteiger partial charge in [-0.05, 0) is 49.4 Å². The number of aliphatic hydroxyl groups is 1. The van der Waals surface area contributed by atoms with E-state index >= 15 is 0 Å². The SMILES string of the molecule is C=CCN1CC[C@]23c4c5ccc(O)c4O[C@H]2[C@H](N=[N+]=[N-])CC[C@@]3(O)[C@H]1C5. The van der Waals surface area contributed by atoms with Crippen molar-refractivity contribution in [2.45, 2.75) is 54.9 Å². The molecule has 2 bridgehead atoms. The van der Waals surface area contributed by atoms with Gasteiger partial charge in [0.1, 0.15) is 6.10 Å². The standard InChI is InChI=1S/C19H22N4O3/c1-2-8-23-9-7-18-15-11-3-4-13(24)16(15)26-17(18)12(21-22-20)5-6-19(18,25)14(23)10-11/h2-4,12,14,17,24-25H,1,5-10H2/t12-,14-,17+,18+,19-/m1/s1. The minimum absolute atomic E-state index is 0.0321. The zero-order valence-electron chi connectivity index (χ0n) is 14.5. The Morgan fingerprint density at radius 3 is 3.08 bits per heavy atom. The van der Waals surface area contributed by atoms with Crippen LogP contribution in [-0.4, -0.2) is 52.0 Å². The second kappa shape index (κ2) is 5.16. The topological polar surface area (TPSA) is 102 Å². The van der Waals surface area contributed by atoms with Crippen molar-refractivity contribution in [2.75, 3.05) is 13.1 Å². The van der Waals surface area contributed by atoms with Crippen LogP contribution in [0.15, 0.2) is 29.9 Å². The molecule has 2 N–H and O–H groups in total. The molecular weight excluding hydrogens is 332 g/mol. The van der Waals surface area contributed by atoms with Crippen molar-refractivity contribution in [3.8, 4) is 11.5 Å². The van der Waals surface area contributed by atoms with E-state index < -0.39 is 17.1 Å². The molecule has 7 heteroatoms. The molecule has 4 aliphatic rings. The van der Waals surface area contributed by atoms with Crippen molar-refractivity contribution in [3.05, 3.63) is 46.4 Å². The first-order valence-corrected chi connectivity index (χ1v) is 9.20. The summed E-state index contributed by atoms with van der Waals surface area (Å²) in [5, 5.41) is 26.4. The molecule has 2 heterocycles. The summed E-state index contributed by atoms with van der Waals surface area (Å²) in [5.41, 5.74) is 9.48. The van der Waals surface area contributed by atoms with Crippen LogP contribution in [0.1, 0.15) is 30.4 Å². The van der Waals surface area contributed by atoms with Crippen molar-refractivity contribution >= 4 is 0 Å². The molecule has 136 valence electrons. The fraction of sp³-hybridized carbons (Fsp3) is 0.579. The van der Waals surface area contributed by atoms with E-state index in [1.165, 1.54) is 0 Å². The van der Waals surface area contributed by atoms with Gasteiger partial charge in [0.2, 0.25) is 0 Å². The van der Waals surface area contributed by atoms with Gasteiger partial charge >= 0.3 is 0 Å². The molecule has 7 nitrogen and oxygen atoms in total.